The summed E-state index contributed by atoms with van der Waals surface area (Å²) in [6.07, 6.45) is 3.04. The summed E-state index contributed by atoms with van der Waals surface area (Å²) in [6.45, 7) is 2.16. The third-order valence-corrected chi connectivity index (χ3v) is 3.17. The van der Waals surface area contributed by atoms with Crippen LogP contribution in [0.2, 0.25) is 5.02 Å². The van der Waals surface area contributed by atoms with Crippen molar-refractivity contribution in [2.75, 3.05) is 12.4 Å². The quantitative estimate of drug-likeness (QED) is 0.619. The Morgan fingerprint density at radius 2 is 2.46 bits per heavy atom. The van der Waals surface area contributed by atoms with Crippen molar-refractivity contribution in [3.05, 3.63) is 17.5 Å². The molecule has 1 atom stereocenters. The average molecular weight is 219 g/mol. The van der Waals surface area contributed by atoms with Crippen LogP contribution in [0.3, 0.4) is 0 Å². The van der Waals surface area contributed by atoms with Gasteiger partial charge in [0, 0.05) is 12.4 Å². The Labute approximate surface area is 86.6 Å². The molecule has 0 saturated heterocycles. The molecule has 0 amide bonds. The summed E-state index contributed by atoms with van der Waals surface area (Å²) in [5.74, 6) is 1.07. The van der Waals surface area contributed by atoms with Crippen LogP contribution in [-0.4, -0.2) is 27.4 Å². The van der Waals surface area contributed by atoms with Gasteiger partial charge in [-0.05, 0) is 5.92 Å². The van der Waals surface area contributed by atoms with E-state index in [-0.39, 0.29) is 12.5 Å². The van der Waals surface area contributed by atoms with Gasteiger partial charge < -0.3 is 5.11 Å². The minimum absolute atomic E-state index is 0.190. The van der Waals surface area contributed by atoms with E-state index in [1.807, 2.05) is 6.92 Å². The molecule has 3 nitrogen and oxygen atoms in total. The third-order valence-electron chi connectivity index (χ3n) is 1.45. The fourth-order valence-electron chi connectivity index (χ4n) is 0.682. The van der Waals surface area contributed by atoms with Crippen molar-refractivity contribution >= 4 is 23.4 Å². The molecule has 1 unspecified atom stereocenters. The minimum Gasteiger partial charge on any atom is -0.396 e. The van der Waals surface area contributed by atoms with E-state index in [4.69, 9.17) is 16.7 Å². The van der Waals surface area contributed by atoms with E-state index in [0.717, 1.165) is 10.8 Å². The van der Waals surface area contributed by atoms with Crippen LogP contribution in [0.25, 0.3) is 0 Å². The number of aliphatic hydroxyl groups excluding tert-OH is 1. The normalized spacial score (nSPS) is 12.8. The number of hydrogen-bond donors (Lipinski definition) is 1. The Kier molecular flexibility index (Phi) is 4.48. The van der Waals surface area contributed by atoms with Crippen LogP contribution < -0.4 is 0 Å². The van der Waals surface area contributed by atoms with Gasteiger partial charge >= 0.3 is 0 Å². The van der Waals surface area contributed by atoms with Gasteiger partial charge in [0.1, 0.15) is 11.4 Å². The van der Waals surface area contributed by atoms with Gasteiger partial charge in [0.05, 0.1) is 11.2 Å². The molecule has 13 heavy (non-hydrogen) atoms. The Bertz CT molecular complexity index is 272. The Morgan fingerprint density at radius 1 is 1.69 bits per heavy atom. The van der Waals surface area contributed by atoms with Gasteiger partial charge in [0.2, 0.25) is 0 Å². The molecule has 1 N–H and O–H groups in total. The number of aromatic nitrogens is 2. The molecular formula is C8H11ClN2OS. The molecule has 0 aliphatic carbocycles. The van der Waals surface area contributed by atoms with Gasteiger partial charge in [0.25, 0.3) is 0 Å². The highest BCUT2D eigenvalue weighted by Crippen LogP contribution is 2.24. The van der Waals surface area contributed by atoms with Crippen molar-refractivity contribution in [3.8, 4) is 0 Å². The minimum atomic E-state index is 0.190. The standard InChI is InChI=1S/C8H11ClN2OS/c1-6(3-12)4-13-8-7(9)2-10-5-11-8/h2,5-6,12H,3-4H2,1H3. The largest absolute Gasteiger partial charge is 0.396 e. The van der Waals surface area contributed by atoms with E-state index in [9.17, 15) is 0 Å². The smallest absolute Gasteiger partial charge is 0.118 e. The Morgan fingerprint density at radius 3 is 3.08 bits per heavy atom. The lowest BCUT2D eigenvalue weighted by Crippen LogP contribution is -2.03. The van der Waals surface area contributed by atoms with E-state index in [2.05, 4.69) is 9.97 Å². The molecule has 0 aliphatic rings. The van der Waals surface area contributed by atoms with Gasteiger partial charge in [-0.15, -0.1) is 11.8 Å². The molecule has 1 aromatic rings. The second-order valence-corrected chi connectivity index (χ2v) is 4.19. The van der Waals surface area contributed by atoms with Crippen LogP contribution >= 0.6 is 23.4 Å². The van der Waals surface area contributed by atoms with Crippen molar-refractivity contribution in [2.24, 2.45) is 5.92 Å². The van der Waals surface area contributed by atoms with Gasteiger partial charge in [-0.2, -0.15) is 0 Å². The van der Waals surface area contributed by atoms with Gasteiger partial charge in [-0.3, -0.25) is 0 Å². The van der Waals surface area contributed by atoms with E-state index in [1.165, 1.54) is 18.1 Å². The molecule has 5 heteroatoms. The van der Waals surface area contributed by atoms with Crippen LogP contribution in [0, 0.1) is 5.92 Å². The van der Waals surface area contributed by atoms with E-state index in [1.54, 1.807) is 6.20 Å². The molecule has 1 rings (SSSR count). The zero-order valence-corrected chi connectivity index (χ0v) is 8.85. The topological polar surface area (TPSA) is 46.0 Å². The van der Waals surface area contributed by atoms with Gasteiger partial charge in [0.15, 0.2) is 0 Å². The summed E-state index contributed by atoms with van der Waals surface area (Å²) >= 11 is 7.38. The Hall–Kier alpha value is -0.320. The van der Waals surface area contributed by atoms with Crippen LogP contribution in [0.1, 0.15) is 6.92 Å². The van der Waals surface area contributed by atoms with Crippen molar-refractivity contribution < 1.29 is 5.11 Å². The first-order valence-electron chi connectivity index (χ1n) is 3.93. The summed E-state index contributed by atoms with van der Waals surface area (Å²) < 4.78 is 0. The van der Waals surface area contributed by atoms with Gasteiger partial charge in [-0.1, -0.05) is 18.5 Å². The first-order chi connectivity index (χ1) is 6.24. The molecule has 0 spiro atoms. The number of nitrogens with zero attached hydrogens (tertiary/aromatic N) is 2. The van der Waals surface area contributed by atoms with Crippen LogP contribution in [0.4, 0.5) is 0 Å². The van der Waals surface area contributed by atoms with Crippen LogP contribution in [-0.2, 0) is 0 Å². The fourth-order valence-corrected chi connectivity index (χ4v) is 1.81. The highest BCUT2D eigenvalue weighted by Gasteiger charge is 2.05. The highest BCUT2D eigenvalue weighted by atomic mass is 35.5. The SMILES string of the molecule is CC(CO)CSc1ncncc1Cl. The molecular weight excluding hydrogens is 208 g/mol. The number of hydrogen-bond acceptors (Lipinski definition) is 4. The number of halogens is 1. The monoisotopic (exact) mass is 218 g/mol. The zero-order chi connectivity index (χ0) is 9.68. The first-order valence-corrected chi connectivity index (χ1v) is 5.29. The van der Waals surface area contributed by atoms with Crippen LogP contribution in [0.15, 0.2) is 17.6 Å². The van der Waals surface area contributed by atoms with Crippen molar-refractivity contribution in [3.63, 3.8) is 0 Å². The number of aliphatic hydroxyl groups is 1. The molecule has 1 heterocycles. The van der Waals surface area contributed by atoms with Crippen LogP contribution in [0.5, 0.6) is 0 Å². The second kappa shape index (κ2) is 5.42. The number of thioether (sulfide) groups is 1. The van der Waals surface area contributed by atoms with E-state index >= 15 is 0 Å². The molecule has 0 radical (unpaired) electrons. The Balaban J connectivity index is 2.50. The van der Waals surface area contributed by atoms with E-state index < -0.39 is 0 Å². The predicted octanol–water partition coefficient (Wildman–Crippen LogP) is 1.85. The molecule has 72 valence electrons. The van der Waals surface area contributed by atoms with Gasteiger partial charge in [-0.25, -0.2) is 9.97 Å². The summed E-state index contributed by atoms with van der Waals surface area (Å²) in [5.41, 5.74) is 0. The molecule has 0 aliphatic heterocycles. The first kappa shape index (κ1) is 10.8. The molecule has 0 aromatic carbocycles. The lowest BCUT2D eigenvalue weighted by Gasteiger charge is -2.06. The third kappa shape index (κ3) is 3.50. The molecule has 0 fully saturated rings. The number of rotatable bonds is 4. The average Bonchev–Trinajstić information content (AvgIpc) is 2.16. The fraction of sp³-hybridized carbons (Fsp3) is 0.500. The van der Waals surface area contributed by atoms with E-state index in [0.29, 0.717) is 5.02 Å². The van der Waals surface area contributed by atoms with Crippen molar-refractivity contribution in [1.29, 1.82) is 0 Å². The maximum atomic E-state index is 8.80. The summed E-state index contributed by atoms with van der Waals surface area (Å²) in [5, 5.41) is 10.1. The predicted molar refractivity (Wildman–Crippen MR) is 54.0 cm³/mol. The maximum absolute atomic E-state index is 8.80. The van der Waals surface area contributed by atoms with Crippen molar-refractivity contribution in [2.45, 2.75) is 11.9 Å². The summed E-state index contributed by atoms with van der Waals surface area (Å²) in [6, 6.07) is 0. The maximum Gasteiger partial charge on any atom is 0.118 e. The molecule has 0 bridgehead atoms. The summed E-state index contributed by atoms with van der Waals surface area (Å²) in [4.78, 5) is 7.81. The highest BCUT2D eigenvalue weighted by molar-refractivity contribution is 7.99. The second-order valence-electron chi connectivity index (χ2n) is 2.77. The zero-order valence-electron chi connectivity index (χ0n) is 7.27. The lowest BCUT2D eigenvalue weighted by atomic mass is 10.2. The van der Waals surface area contributed by atoms with Crippen molar-refractivity contribution in [1.82, 2.24) is 9.97 Å². The molecule has 1 aromatic heterocycles. The molecule has 0 saturated carbocycles. The lowest BCUT2D eigenvalue weighted by molar-refractivity contribution is 0.250. The summed E-state index contributed by atoms with van der Waals surface area (Å²) in [7, 11) is 0.